The lowest BCUT2D eigenvalue weighted by atomic mass is 9.78. The zero-order valence-electron chi connectivity index (χ0n) is 9.67. The van der Waals surface area contributed by atoms with Gasteiger partial charge in [0, 0.05) is 26.9 Å². The first-order valence-corrected chi connectivity index (χ1v) is 5.67. The van der Waals surface area contributed by atoms with Crippen molar-refractivity contribution in [2.24, 2.45) is 11.1 Å². The van der Waals surface area contributed by atoms with Crippen LogP contribution in [0.15, 0.2) is 0 Å². The zero-order valence-corrected chi connectivity index (χ0v) is 9.67. The quantitative estimate of drug-likeness (QED) is 0.641. The monoisotopic (exact) mass is 217 g/mol. The molecule has 0 amide bonds. The molecule has 1 aliphatic heterocycles. The van der Waals surface area contributed by atoms with Gasteiger partial charge in [0.05, 0.1) is 13.2 Å². The third-order valence-electron chi connectivity index (χ3n) is 3.19. The minimum Gasteiger partial charge on any atom is -0.382 e. The van der Waals surface area contributed by atoms with E-state index in [4.69, 9.17) is 19.9 Å². The Morgan fingerprint density at radius 2 is 1.93 bits per heavy atom. The number of ether oxygens (including phenoxy) is 3. The highest BCUT2D eigenvalue weighted by Crippen LogP contribution is 2.32. The van der Waals surface area contributed by atoms with E-state index in [0.29, 0.717) is 13.2 Å². The van der Waals surface area contributed by atoms with Crippen molar-refractivity contribution in [3.8, 4) is 0 Å². The molecular weight excluding hydrogens is 194 g/mol. The van der Waals surface area contributed by atoms with Crippen molar-refractivity contribution in [3.05, 3.63) is 0 Å². The molecule has 1 fully saturated rings. The van der Waals surface area contributed by atoms with Gasteiger partial charge in [0.1, 0.15) is 0 Å². The van der Waals surface area contributed by atoms with Gasteiger partial charge in [0.2, 0.25) is 0 Å². The van der Waals surface area contributed by atoms with Crippen molar-refractivity contribution < 1.29 is 14.2 Å². The lowest BCUT2D eigenvalue weighted by Gasteiger charge is -2.36. The van der Waals surface area contributed by atoms with E-state index in [1.54, 1.807) is 7.11 Å². The lowest BCUT2D eigenvalue weighted by Crippen LogP contribution is -2.37. The van der Waals surface area contributed by atoms with Crippen LogP contribution >= 0.6 is 0 Å². The van der Waals surface area contributed by atoms with Crippen LogP contribution in [-0.4, -0.2) is 46.7 Å². The van der Waals surface area contributed by atoms with E-state index in [9.17, 15) is 0 Å². The molecule has 1 saturated heterocycles. The molecule has 90 valence electrons. The minimum atomic E-state index is 0.255. The van der Waals surface area contributed by atoms with Crippen LogP contribution in [0.5, 0.6) is 0 Å². The molecule has 0 aromatic heterocycles. The highest BCUT2D eigenvalue weighted by Gasteiger charge is 2.30. The molecule has 4 nitrogen and oxygen atoms in total. The molecule has 0 spiro atoms. The zero-order chi connectivity index (χ0) is 11.0. The Morgan fingerprint density at radius 3 is 2.53 bits per heavy atom. The normalized spacial score (nSPS) is 20.4. The summed E-state index contributed by atoms with van der Waals surface area (Å²) in [5.41, 5.74) is 6.10. The molecular formula is C11H23NO3. The van der Waals surface area contributed by atoms with E-state index in [1.807, 2.05) is 0 Å². The Hall–Kier alpha value is -0.160. The first-order chi connectivity index (χ1) is 7.33. The molecule has 1 rings (SSSR count). The van der Waals surface area contributed by atoms with Crippen LogP contribution in [0.4, 0.5) is 0 Å². The number of rotatable bonds is 7. The van der Waals surface area contributed by atoms with Gasteiger partial charge in [-0.3, -0.25) is 0 Å². The standard InChI is InChI=1S/C11H23NO3/c1-13-8-9-15-7-4-11(10-12)2-5-14-6-3-11/h2-10,12H2,1H3. The molecule has 0 unspecified atom stereocenters. The van der Waals surface area contributed by atoms with Crippen LogP contribution < -0.4 is 5.73 Å². The maximum Gasteiger partial charge on any atom is 0.0700 e. The predicted molar refractivity (Wildman–Crippen MR) is 58.9 cm³/mol. The summed E-state index contributed by atoms with van der Waals surface area (Å²) in [6.07, 6.45) is 3.17. The highest BCUT2D eigenvalue weighted by molar-refractivity contribution is 4.82. The van der Waals surface area contributed by atoms with Crippen LogP contribution in [0, 0.1) is 5.41 Å². The van der Waals surface area contributed by atoms with E-state index in [-0.39, 0.29) is 5.41 Å². The second kappa shape index (κ2) is 7.17. The summed E-state index contributed by atoms with van der Waals surface area (Å²) in [5, 5.41) is 0. The van der Waals surface area contributed by atoms with E-state index in [2.05, 4.69) is 0 Å². The topological polar surface area (TPSA) is 53.7 Å². The lowest BCUT2D eigenvalue weighted by molar-refractivity contribution is -0.00748. The summed E-state index contributed by atoms with van der Waals surface area (Å²) >= 11 is 0. The molecule has 2 N–H and O–H groups in total. The Balaban J connectivity index is 2.15. The number of hydrogen-bond acceptors (Lipinski definition) is 4. The van der Waals surface area contributed by atoms with E-state index < -0.39 is 0 Å². The van der Waals surface area contributed by atoms with Gasteiger partial charge in [-0.15, -0.1) is 0 Å². The van der Waals surface area contributed by atoms with Crippen molar-refractivity contribution in [1.29, 1.82) is 0 Å². The van der Waals surface area contributed by atoms with Crippen molar-refractivity contribution in [2.45, 2.75) is 19.3 Å². The summed E-state index contributed by atoms with van der Waals surface area (Å²) < 4.78 is 15.8. The van der Waals surface area contributed by atoms with Gasteiger partial charge >= 0.3 is 0 Å². The molecule has 0 radical (unpaired) electrons. The molecule has 15 heavy (non-hydrogen) atoms. The molecule has 0 atom stereocenters. The largest absolute Gasteiger partial charge is 0.382 e. The summed E-state index contributed by atoms with van der Waals surface area (Å²) in [7, 11) is 1.68. The number of hydrogen-bond donors (Lipinski definition) is 1. The molecule has 4 heteroatoms. The fourth-order valence-corrected chi connectivity index (χ4v) is 1.89. The first-order valence-electron chi connectivity index (χ1n) is 5.67. The van der Waals surface area contributed by atoms with Crippen LogP contribution in [0.25, 0.3) is 0 Å². The number of methoxy groups -OCH3 is 1. The molecule has 1 heterocycles. The van der Waals surface area contributed by atoms with Gasteiger partial charge in [-0.1, -0.05) is 0 Å². The summed E-state index contributed by atoms with van der Waals surface area (Å²) in [4.78, 5) is 0. The van der Waals surface area contributed by atoms with Gasteiger partial charge in [-0.25, -0.2) is 0 Å². The molecule has 0 bridgehead atoms. The summed E-state index contributed by atoms with van der Waals surface area (Å²) in [6, 6.07) is 0. The Labute approximate surface area is 92.1 Å². The summed E-state index contributed by atoms with van der Waals surface area (Å²) in [6.45, 7) is 4.54. The molecule has 0 saturated carbocycles. The van der Waals surface area contributed by atoms with Crippen LogP contribution in [0.3, 0.4) is 0 Å². The van der Waals surface area contributed by atoms with Gasteiger partial charge in [0.25, 0.3) is 0 Å². The smallest absolute Gasteiger partial charge is 0.0700 e. The molecule has 0 aromatic carbocycles. The predicted octanol–water partition coefficient (Wildman–Crippen LogP) is 0.795. The van der Waals surface area contributed by atoms with Gasteiger partial charge in [-0.05, 0) is 31.2 Å². The third-order valence-corrected chi connectivity index (χ3v) is 3.19. The van der Waals surface area contributed by atoms with Gasteiger partial charge in [0.15, 0.2) is 0 Å². The molecule has 0 aromatic rings. The fourth-order valence-electron chi connectivity index (χ4n) is 1.89. The third kappa shape index (κ3) is 4.47. The SMILES string of the molecule is COCCOCCC1(CN)CCOCC1. The van der Waals surface area contributed by atoms with E-state index in [0.717, 1.165) is 45.6 Å². The van der Waals surface area contributed by atoms with E-state index in [1.165, 1.54) is 0 Å². The Bertz CT molecular complexity index is 158. The van der Waals surface area contributed by atoms with Crippen molar-refractivity contribution in [1.82, 2.24) is 0 Å². The maximum atomic E-state index is 5.84. The molecule has 0 aliphatic carbocycles. The average Bonchev–Trinajstić information content (AvgIpc) is 2.30. The fraction of sp³-hybridized carbons (Fsp3) is 1.00. The second-order valence-corrected chi connectivity index (χ2v) is 4.17. The van der Waals surface area contributed by atoms with Crippen LogP contribution in [0.1, 0.15) is 19.3 Å². The minimum absolute atomic E-state index is 0.255. The van der Waals surface area contributed by atoms with Gasteiger partial charge < -0.3 is 19.9 Å². The Kier molecular flexibility index (Phi) is 6.17. The highest BCUT2D eigenvalue weighted by atomic mass is 16.5. The Morgan fingerprint density at radius 1 is 1.20 bits per heavy atom. The van der Waals surface area contributed by atoms with Crippen LogP contribution in [0.2, 0.25) is 0 Å². The van der Waals surface area contributed by atoms with Gasteiger partial charge in [-0.2, -0.15) is 0 Å². The van der Waals surface area contributed by atoms with Crippen molar-refractivity contribution in [2.75, 3.05) is 46.7 Å². The first kappa shape index (κ1) is 12.9. The van der Waals surface area contributed by atoms with Crippen molar-refractivity contribution >= 4 is 0 Å². The van der Waals surface area contributed by atoms with Crippen molar-refractivity contribution in [3.63, 3.8) is 0 Å². The molecule has 1 aliphatic rings. The summed E-state index contributed by atoms with van der Waals surface area (Å²) in [5.74, 6) is 0. The van der Waals surface area contributed by atoms with Crippen LogP contribution in [-0.2, 0) is 14.2 Å². The maximum absolute atomic E-state index is 5.84. The van der Waals surface area contributed by atoms with E-state index >= 15 is 0 Å². The second-order valence-electron chi connectivity index (χ2n) is 4.17. The number of nitrogens with two attached hydrogens (primary N) is 1. The average molecular weight is 217 g/mol.